The van der Waals surface area contributed by atoms with Gasteiger partial charge in [0.25, 0.3) is 0 Å². The summed E-state index contributed by atoms with van der Waals surface area (Å²) in [5.74, 6) is -0.815. The Morgan fingerprint density at radius 1 is 1.25 bits per heavy atom. The van der Waals surface area contributed by atoms with Crippen molar-refractivity contribution in [3.63, 3.8) is 0 Å². The number of urea groups is 1. The van der Waals surface area contributed by atoms with E-state index in [1.165, 1.54) is 6.07 Å². The van der Waals surface area contributed by atoms with Crippen LogP contribution >= 0.6 is 0 Å². The molecule has 1 saturated heterocycles. The molecule has 1 aromatic carbocycles. The number of amides is 2. The molecule has 0 radical (unpaired) electrons. The molecule has 20 heavy (non-hydrogen) atoms. The highest BCUT2D eigenvalue weighted by atomic mass is 16.4. The molecule has 0 unspecified atom stereocenters. The molecule has 0 bridgehead atoms. The average molecular weight is 278 g/mol. The van der Waals surface area contributed by atoms with E-state index in [0.717, 1.165) is 12.8 Å². The van der Waals surface area contributed by atoms with Gasteiger partial charge < -0.3 is 20.4 Å². The van der Waals surface area contributed by atoms with Crippen molar-refractivity contribution in [2.75, 3.05) is 25.0 Å². The molecule has 0 saturated carbocycles. The lowest BCUT2D eigenvalue weighted by molar-refractivity contribution is 0.0698. The van der Waals surface area contributed by atoms with Crippen LogP contribution in [0, 0.1) is 5.92 Å². The average Bonchev–Trinajstić information content (AvgIpc) is 2.47. The number of carboxylic acid groups (broad SMARTS) is 1. The first-order valence-corrected chi connectivity index (χ1v) is 6.61. The summed E-state index contributed by atoms with van der Waals surface area (Å²) in [5.41, 5.74) is 0.375. The number of para-hydroxylation sites is 1. The molecule has 1 aromatic rings. The number of hydrogen-bond donors (Lipinski definition) is 3. The Hall–Kier alpha value is -2.08. The lowest BCUT2D eigenvalue weighted by atomic mass is 9.98. The minimum absolute atomic E-state index is 0.0751. The number of carbonyl (C=O) groups is 2. The van der Waals surface area contributed by atoms with Crippen LogP contribution in [0.2, 0.25) is 0 Å². The lowest BCUT2D eigenvalue weighted by Gasteiger charge is -2.31. The second-order valence-corrected chi connectivity index (χ2v) is 4.89. The minimum atomic E-state index is -1.07. The Bertz CT molecular complexity index is 496. The smallest absolute Gasteiger partial charge is 0.337 e. The maximum absolute atomic E-state index is 12.1. The van der Waals surface area contributed by atoms with Crippen LogP contribution in [-0.2, 0) is 0 Å². The number of aliphatic hydroxyl groups excluding tert-OH is 1. The van der Waals surface area contributed by atoms with Crippen LogP contribution in [-0.4, -0.2) is 46.8 Å². The van der Waals surface area contributed by atoms with Gasteiger partial charge in [-0.25, -0.2) is 9.59 Å². The molecule has 1 aliphatic heterocycles. The number of carboxylic acids is 1. The number of nitrogens with one attached hydrogen (secondary N) is 1. The number of piperidine rings is 1. The zero-order valence-electron chi connectivity index (χ0n) is 11.1. The molecule has 1 fully saturated rings. The fourth-order valence-electron chi connectivity index (χ4n) is 2.29. The molecule has 1 heterocycles. The summed E-state index contributed by atoms with van der Waals surface area (Å²) >= 11 is 0. The van der Waals surface area contributed by atoms with Gasteiger partial charge in [-0.05, 0) is 30.9 Å². The topological polar surface area (TPSA) is 89.9 Å². The molecule has 108 valence electrons. The zero-order valence-corrected chi connectivity index (χ0v) is 11.1. The van der Waals surface area contributed by atoms with Gasteiger partial charge in [0.05, 0.1) is 11.3 Å². The van der Waals surface area contributed by atoms with Gasteiger partial charge in [-0.2, -0.15) is 0 Å². The van der Waals surface area contributed by atoms with Crippen molar-refractivity contribution in [3.8, 4) is 0 Å². The number of nitrogens with zero attached hydrogens (tertiary/aromatic N) is 1. The predicted octanol–water partition coefficient (Wildman–Crippen LogP) is 1.62. The van der Waals surface area contributed by atoms with Crippen molar-refractivity contribution in [3.05, 3.63) is 29.8 Å². The van der Waals surface area contributed by atoms with E-state index in [1.807, 2.05) is 0 Å². The fraction of sp³-hybridized carbons (Fsp3) is 0.429. The van der Waals surface area contributed by atoms with Crippen LogP contribution < -0.4 is 5.32 Å². The summed E-state index contributed by atoms with van der Waals surface area (Å²) in [4.78, 5) is 24.8. The first kappa shape index (κ1) is 14.3. The van der Waals surface area contributed by atoms with E-state index in [-0.39, 0.29) is 24.1 Å². The minimum Gasteiger partial charge on any atom is -0.478 e. The van der Waals surface area contributed by atoms with Crippen molar-refractivity contribution < 1.29 is 19.8 Å². The van der Waals surface area contributed by atoms with Crippen LogP contribution in [0.5, 0.6) is 0 Å². The third-order valence-electron chi connectivity index (χ3n) is 3.56. The van der Waals surface area contributed by atoms with E-state index in [4.69, 9.17) is 10.2 Å². The van der Waals surface area contributed by atoms with Crippen LogP contribution in [0.25, 0.3) is 0 Å². The van der Waals surface area contributed by atoms with Crippen LogP contribution in [0.1, 0.15) is 23.2 Å². The van der Waals surface area contributed by atoms with Gasteiger partial charge in [0.2, 0.25) is 0 Å². The zero-order chi connectivity index (χ0) is 14.5. The summed E-state index contributed by atoms with van der Waals surface area (Å²) in [6, 6.07) is 6.03. The lowest BCUT2D eigenvalue weighted by Crippen LogP contribution is -2.41. The van der Waals surface area contributed by atoms with Gasteiger partial charge in [0, 0.05) is 19.7 Å². The van der Waals surface area contributed by atoms with Crippen LogP contribution in [0.4, 0.5) is 10.5 Å². The summed E-state index contributed by atoms with van der Waals surface area (Å²) < 4.78 is 0. The van der Waals surface area contributed by atoms with Gasteiger partial charge >= 0.3 is 12.0 Å². The number of benzene rings is 1. The highest BCUT2D eigenvalue weighted by molar-refractivity contribution is 5.99. The van der Waals surface area contributed by atoms with E-state index in [1.54, 1.807) is 23.1 Å². The van der Waals surface area contributed by atoms with Gasteiger partial charge in [-0.1, -0.05) is 12.1 Å². The molecule has 0 aromatic heterocycles. The second-order valence-electron chi connectivity index (χ2n) is 4.89. The highest BCUT2D eigenvalue weighted by Crippen LogP contribution is 2.19. The predicted molar refractivity (Wildman–Crippen MR) is 73.8 cm³/mol. The number of aromatic carboxylic acids is 1. The Labute approximate surface area is 117 Å². The molecule has 6 heteroatoms. The highest BCUT2D eigenvalue weighted by Gasteiger charge is 2.23. The van der Waals surface area contributed by atoms with E-state index in [2.05, 4.69) is 5.32 Å². The first-order chi connectivity index (χ1) is 9.61. The first-order valence-electron chi connectivity index (χ1n) is 6.61. The summed E-state index contributed by atoms with van der Waals surface area (Å²) in [6.45, 7) is 1.30. The third-order valence-corrected chi connectivity index (χ3v) is 3.56. The molecule has 0 aliphatic carbocycles. The molecule has 1 aliphatic rings. The van der Waals surface area contributed by atoms with Crippen molar-refractivity contribution in [1.82, 2.24) is 4.90 Å². The molecule has 2 rings (SSSR count). The van der Waals surface area contributed by atoms with Crippen molar-refractivity contribution in [1.29, 1.82) is 0 Å². The summed E-state index contributed by atoms with van der Waals surface area (Å²) in [6.07, 6.45) is 1.54. The number of aliphatic hydroxyl groups is 1. The van der Waals surface area contributed by atoms with Crippen molar-refractivity contribution in [2.45, 2.75) is 12.8 Å². The number of likely N-dealkylation sites (tertiary alicyclic amines) is 1. The maximum Gasteiger partial charge on any atom is 0.337 e. The summed E-state index contributed by atoms with van der Waals surface area (Å²) in [5, 5.41) is 20.8. The van der Waals surface area contributed by atoms with E-state index in [9.17, 15) is 9.59 Å². The largest absolute Gasteiger partial charge is 0.478 e. The van der Waals surface area contributed by atoms with Gasteiger partial charge in [-0.3, -0.25) is 0 Å². The SMILES string of the molecule is O=C(O)c1ccccc1NC(=O)N1CCC(CO)CC1. The summed E-state index contributed by atoms with van der Waals surface area (Å²) in [7, 11) is 0. The van der Waals surface area contributed by atoms with Gasteiger partial charge in [0.1, 0.15) is 0 Å². The van der Waals surface area contributed by atoms with E-state index < -0.39 is 5.97 Å². The quantitative estimate of drug-likeness (QED) is 0.783. The standard InChI is InChI=1S/C14H18N2O4/c17-9-10-5-7-16(8-6-10)14(20)15-12-4-2-1-3-11(12)13(18)19/h1-4,10,17H,5-9H2,(H,15,20)(H,18,19). The van der Waals surface area contributed by atoms with Gasteiger partial charge in [-0.15, -0.1) is 0 Å². The molecular weight excluding hydrogens is 260 g/mol. The van der Waals surface area contributed by atoms with Crippen LogP contribution in [0.15, 0.2) is 24.3 Å². The van der Waals surface area contributed by atoms with Crippen LogP contribution in [0.3, 0.4) is 0 Å². The molecule has 2 amide bonds. The third kappa shape index (κ3) is 3.27. The second kappa shape index (κ2) is 6.38. The molecule has 0 atom stereocenters. The van der Waals surface area contributed by atoms with E-state index >= 15 is 0 Å². The Morgan fingerprint density at radius 3 is 2.50 bits per heavy atom. The normalized spacial score (nSPS) is 15.9. The van der Waals surface area contributed by atoms with Crippen molar-refractivity contribution >= 4 is 17.7 Å². The molecular formula is C14H18N2O4. The Balaban J connectivity index is 2.00. The number of hydrogen-bond acceptors (Lipinski definition) is 3. The molecule has 3 N–H and O–H groups in total. The number of rotatable bonds is 3. The van der Waals surface area contributed by atoms with E-state index in [0.29, 0.717) is 18.8 Å². The number of anilines is 1. The Morgan fingerprint density at radius 2 is 1.90 bits per heavy atom. The monoisotopic (exact) mass is 278 g/mol. The maximum atomic E-state index is 12.1. The van der Waals surface area contributed by atoms with Crippen molar-refractivity contribution in [2.24, 2.45) is 5.92 Å². The fourth-order valence-corrected chi connectivity index (χ4v) is 2.29. The molecule has 0 spiro atoms. The molecule has 6 nitrogen and oxygen atoms in total. The number of carbonyl (C=O) groups excluding carboxylic acids is 1. The van der Waals surface area contributed by atoms with Gasteiger partial charge in [0.15, 0.2) is 0 Å². The Kier molecular flexibility index (Phi) is 4.57.